The third-order valence-corrected chi connectivity index (χ3v) is 4.19. The summed E-state index contributed by atoms with van der Waals surface area (Å²) in [7, 11) is 0. The first-order chi connectivity index (χ1) is 9.61. The smallest absolute Gasteiger partial charge is 0.173 e. The van der Waals surface area contributed by atoms with Crippen LogP contribution in [0.5, 0.6) is 0 Å². The molecule has 0 spiro atoms. The van der Waals surface area contributed by atoms with E-state index in [0.717, 1.165) is 10.5 Å². The van der Waals surface area contributed by atoms with E-state index in [1.165, 1.54) is 11.8 Å². The third kappa shape index (κ3) is 3.41. The van der Waals surface area contributed by atoms with Gasteiger partial charge < -0.3 is 0 Å². The zero-order valence-electron chi connectivity index (χ0n) is 10.9. The van der Waals surface area contributed by atoms with Gasteiger partial charge in [0.05, 0.1) is 16.3 Å². The first-order valence-corrected chi connectivity index (χ1v) is 7.39. The van der Waals surface area contributed by atoms with Crippen molar-refractivity contribution in [1.29, 1.82) is 5.26 Å². The molecule has 0 fully saturated rings. The second-order valence-electron chi connectivity index (χ2n) is 4.30. The van der Waals surface area contributed by atoms with Crippen molar-refractivity contribution >= 4 is 29.1 Å². The Bertz CT molecular complexity index is 674. The van der Waals surface area contributed by atoms with E-state index in [4.69, 9.17) is 16.9 Å². The van der Waals surface area contributed by atoms with Crippen molar-refractivity contribution in [3.63, 3.8) is 0 Å². The lowest BCUT2D eigenvalue weighted by Crippen LogP contribution is -2.02. The summed E-state index contributed by atoms with van der Waals surface area (Å²) in [5.41, 5.74) is 2.23. The van der Waals surface area contributed by atoms with Crippen molar-refractivity contribution < 1.29 is 4.79 Å². The number of halogens is 1. The highest BCUT2D eigenvalue weighted by molar-refractivity contribution is 8.00. The maximum atomic E-state index is 12.1. The maximum absolute atomic E-state index is 12.1. The first-order valence-electron chi connectivity index (χ1n) is 6.03. The minimum Gasteiger partial charge on any atom is -0.293 e. The van der Waals surface area contributed by atoms with Crippen LogP contribution in [0, 0.1) is 18.3 Å². The Morgan fingerprint density at radius 2 is 1.95 bits per heavy atom. The van der Waals surface area contributed by atoms with Crippen LogP contribution in [0.2, 0.25) is 5.02 Å². The number of carbonyl (C=O) groups excluding carboxylic acids is 1. The Labute approximate surface area is 127 Å². The summed E-state index contributed by atoms with van der Waals surface area (Å²) in [6.07, 6.45) is 0. The van der Waals surface area contributed by atoms with Gasteiger partial charge in [0.1, 0.15) is 6.07 Å². The van der Waals surface area contributed by atoms with Crippen molar-refractivity contribution in [2.45, 2.75) is 11.8 Å². The van der Waals surface area contributed by atoms with E-state index in [1.54, 1.807) is 18.2 Å². The van der Waals surface area contributed by atoms with Crippen molar-refractivity contribution in [2.75, 3.05) is 5.75 Å². The molecule has 0 heterocycles. The lowest BCUT2D eigenvalue weighted by atomic mass is 10.1. The van der Waals surface area contributed by atoms with E-state index < -0.39 is 0 Å². The van der Waals surface area contributed by atoms with E-state index in [-0.39, 0.29) is 11.5 Å². The van der Waals surface area contributed by atoms with Gasteiger partial charge in [-0.1, -0.05) is 47.5 Å². The lowest BCUT2D eigenvalue weighted by Gasteiger charge is -2.05. The van der Waals surface area contributed by atoms with Gasteiger partial charge in [-0.2, -0.15) is 5.26 Å². The number of benzene rings is 2. The zero-order valence-corrected chi connectivity index (χ0v) is 12.5. The molecule has 2 nitrogen and oxygen atoms in total. The number of nitrogens with zero attached hydrogens (tertiary/aromatic N) is 1. The minimum absolute atomic E-state index is 0.0406. The Morgan fingerprint density at radius 1 is 1.25 bits per heavy atom. The van der Waals surface area contributed by atoms with E-state index in [9.17, 15) is 4.79 Å². The lowest BCUT2D eigenvalue weighted by molar-refractivity contribution is 0.102. The molecule has 0 atom stereocenters. The summed E-state index contributed by atoms with van der Waals surface area (Å²) in [4.78, 5) is 12.8. The van der Waals surface area contributed by atoms with Crippen LogP contribution in [0.15, 0.2) is 47.4 Å². The fraction of sp³-hybridized carbons (Fsp3) is 0.125. The summed E-state index contributed by atoms with van der Waals surface area (Å²) in [6, 6.07) is 14.8. The van der Waals surface area contributed by atoms with E-state index in [1.807, 2.05) is 31.2 Å². The summed E-state index contributed by atoms with van der Waals surface area (Å²) < 4.78 is 0. The van der Waals surface area contributed by atoms with Gasteiger partial charge in [0.25, 0.3) is 0 Å². The zero-order chi connectivity index (χ0) is 14.5. The molecule has 0 radical (unpaired) electrons. The Kier molecular flexibility index (Phi) is 4.84. The second-order valence-corrected chi connectivity index (χ2v) is 5.73. The van der Waals surface area contributed by atoms with E-state index in [2.05, 4.69) is 6.07 Å². The van der Waals surface area contributed by atoms with Gasteiger partial charge in [-0.05, 0) is 19.1 Å². The van der Waals surface area contributed by atoms with Crippen molar-refractivity contribution in [3.8, 4) is 6.07 Å². The van der Waals surface area contributed by atoms with E-state index in [0.29, 0.717) is 16.1 Å². The topological polar surface area (TPSA) is 40.9 Å². The van der Waals surface area contributed by atoms with Gasteiger partial charge in [0, 0.05) is 10.5 Å². The summed E-state index contributed by atoms with van der Waals surface area (Å²) in [5, 5.41) is 9.50. The van der Waals surface area contributed by atoms with E-state index >= 15 is 0 Å². The normalized spacial score (nSPS) is 10.1. The molecule has 2 aromatic rings. The molecule has 0 saturated heterocycles. The maximum Gasteiger partial charge on any atom is 0.173 e. The number of rotatable bonds is 4. The van der Waals surface area contributed by atoms with Crippen LogP contribution >= 0.6 is 23.4 Å². The molecule has 100 valence electrons. The summed E-state index contributed by atoms with van der Waals surface area (Å²) in [5.74, 6) is 0.330. The highest BCUT2D eigenvalue weighted by Gasteiger charge is 2.10. The molecule has 4 heteroatoms. The molecular formula is C16H12ClNOS. The fourth-order valence-corrected chi connectivity index (χ4v) is 2.90. The Morgan fingerprint density at radius 3 is 2.60 bits per heavy atom. The molecule has 0 N–H and O–H groups in total. The Balaban J connectivity index is 2.10. The molecule has 0 saturated carbocycles. The van der Waals surface area contributed by atoms with Crippen LogP contribution in [-0.2, 0) is 0 Å². The second kappa shape index (κ2) is 6.60. The summed E-state index contributed by atoms with van der Waals surface area (Å²) >= 11 is 7.29. The average molecular weight is 302 g/mol. The highest BCUT2D eigenvalue weighted by atomic mass is 35.5. The predicted molar refractivity (Wildman–Crippen MR) is 82.4 cm³/mol. The van der Waals surface area contributed by atoms with Gasteiger partial charge in [0.2, 0.25) is 0 Å². The molecule has 0 aromatic heterocycles. The van der Waals surface area contributed by atoms with Gasteiger partial charge in [-0.25, -0.2) is 0 Å². The SMILES string of the molecule is Cc1ccc(C(=O)CSc2cccc(Cl)c2C#N)cc1. The fourth-order valence-electron chi connectivity index (χ4n) is 1.70. The number of hydrogen-bond acceptors (Lipinski definition) is 3. The quantitative estimate of drug-likeness (QED) is 0.617. The average Bonchev–Trinajstić information content (AvgIpc) is 2.45. The molecule has 0 aliphatic heterocycles. The third-order valence-electron chi connectivity index (χ3n) is 2.82. The molecule has 20 heavy (non-hydrogen) atoms. The number of hydrogen-bond donors (Lipinski definition) is 0. The molecule has 2 aromatic carbocycles. The highest BCUT2D eigenvalue weighted by Crippen LogP contribution is 2.28. The minimum atomic E-state index is 0.0406. The van der Waals surface area contributed by atoms with Gasteiger partial charge >= 0.3 is 0 Å². The Hall–Kier alpha value is -1.76. The number of nitriles is 1. The van der Waals surface area contributed by atoms with Gasteiger partial charge in [-0.15, -0.1) is 11.8 Å². The van der Waals surface area contributed by atoms with Crippen LogP contribution in [0.1, 0.15) is 21.5 Å². The van der Waals surface area contributed by atoms with Crippen molar-refractivity contribution in [3.05, 3.63) is 64.2 Å². The number of Topliss-reactive ketones (excluding diaryl/α,β-unsaturated/α-hetero) is 1. The van der Waals surface area contributed by atoms with Crippen LogP contribution < -0.4 is 0 Å². The van der Waals surface area contributed by atoms with Crippen LogP contribution in [0.25, 0.3) is 0 Å². The molecule has 0 aliphatic carbocycles. The number of carbonyl (C=O) groups is 1. The van der Waals surface area contributed by atoms with Gasteiger partial charge in [-0.3, -0.25) is 4.79 Å². The van der Waals surface area contributed by atoms with Crippen LogP contribution in [-0.4, -0.2) is 11.5 Å². The largest absolute Gasteiger partial charge is 0.293 e. The van der Waals surface area contributed by atoms with Crippen molar-refractivity contribution in [2.24, 2.45) is 0 Å². The molecule has 2 rings (SSSR count). The monoisotopic (exact) mass is 301 g/mol. The summed E-state index contributed by atoms with van der Waals surface area (Å²) in [6.45, 7) is 1.98. The molecule has 0 bridgehead atoms. The predicted octanol–water partition coefficient (Wildman–Crippen LogP) is 4.50. The number of aryl methyl sites for hydroxylation is 1. The molecular weight excluding hydrogens is 290 g/mol. The van der Waals surface area contributed by atoms with Gasteiger partial charge in [0.15, 0.2) is 5.78 Å². The van der Waals surface area contributed by atoms with Crippen LogP contribution in [0.4, 0.5) is 0 Å². The van der Waals surface area contributed by atoms with Crippen molar-refractivity contribution in [1.82, 2.24) is 0 Å². The first kappa shape index (κ1) is 14.6. The molecule has 0 amide bonds. The van der Waals surface area contributed by atoms with Crippen LogP contribution in [0.3, 0.4) is 0 Å². The molecule has 0 unspecified atom stereocenters. The number of ketones is 1. The molecule has 0 aliphatic rings. The standard InChI is InChI=1S/C16H12ClNOS/c1-11-5-7-12(8-6-11)15(19)10-20-16-4-2-3-14(17)13(16)9-18/h2-8H,10H2,1H3. The number of thioether (sulfide) groups is 1.